The van der Waals surface area contributed by atoms with E-state index in [9.17, 15) is 0 Å². The van der Waals surface area contributed by atoms with Crippen molar-refractivity contribution >= 4 is 11.5 Å². The van der Waals surface area contributed by atoms with Crippen LogP contribution in [0.25, 0.3) is 0 Å². The van der Waals surface area contributed by atoms with E-state index < -0.39 is 0 Å². The molecule has 5 heteroatoms. The molecule has 0 aliphatic heterocycles. The Hall–Kier alpha value is -1.52. The van der Waals surface area contributed by atoms with Crippen LogP contribution in [-0.2, 0) is 0 Å². The highest BCUT2D eigenvalue weighted by Crippen LogP contribution is 2.27. The van der Waals surface area contributed by atoms with Gasteiger partial charge in [-0.1, -0.05) is 32.1 Å². The number of rotatable bonds is 4. The van der Waals surface area contributed by atoms with Gasteiger partial charge < -0.3 is 15.8 Å². The van der Waals surface area contributed by atoms with Crippen LogP contribution in [0, 0.1) is 0 Å². The molecule has 1 aromatic heterocycles. The molecular formula is C14H24N4O. The van der Waals surface area contributed by atoms with Crippen LogP contribution < -0.4 is 15.8 Å². The van der Waals surface area contributed by atoms with Gasteiger partial charge in [-0.15, -0.1) is 0 Å². The molecule has 0 radical (unpaired) electrons. The molecule has 2 rings (SSSR count). The lowest BCUT2D eigenvalue weighted by Crippen LogP contribution is -2.22. The van der Waals surface area contributed by atoms with Crippen LogP contribution in [0.15, 0.2) is 6.33 Å². The Morgan fingerprint density at radius 1 is 1.21 bits per heavy atom. The number of aromatic nitrogens is 2. The number of nitrogens with two attached hydrogens (primary N) is 1. The molecule has 0 saturated heterocycles. The van der Waals surface area contributed by atoms with E-state index in [1.54, 1.807) is 0 Å². The van der Waals surface area contributed by atoms with E-state index in [1.807, 2.05) is 6.92 Å². The van der Waals surface area contributed by atoms with Gasteiger partial charge in [0.05, 0.1) is 6.61 Å². The van der Waals surface area contributed by atoms with Crippen LogP contribution in [0.2, 0.25) is 0 Å². The van der Waals surface area contributed by atoms with Gasteiger partial charge in [-0.2, -0.15) is 4.98 Å². The Kier molecular flexibility index (Phi) is 5.24. The fraction of sp³-hybridized carbons (Fsp3) is 0.714. The van der Waals surface area contributed by atoms with Gasteiger partial charge in [0.25, 0.3) is 0 Å². The van der Waals surface area contributed by atoms with Crippen molar-refractivity contribution in [1.29, 1.82) is 0 Å². The van der Waals surface area contributed by atoms with Crippen molar-refractivity contribution in [1.82, 2.24) is 9.97 Å². The molecule has 0 bridgehead atoms. The highest BCUT2D eigenvalue weighted by molar-refractivity contribution is 5.66. The van der Waals surface area contributed by atoms with E-state index >= 15 is 0 Å². The average Bonchev–Trinajstić information content (AvgIpc) is 2.37. The second-order valence-electron chi connectivity index (χ2n) is 5.06. The molecule has 1 fully saturated rings. The zero-order chi connectivity index (χ0) is 13.5. The lowest BCUT2D eigenvalue weighted by atomic mass is 9.97. The summed E-state index contributed by atoms with van der Waals surface area (Å²) in [6.45, 7) is 2.48. The molecule has 0 spiro atoms. The first-order valence-corrected chi connectivity index (χ1v) is 7.31. The molecule has 5 nitrogen and oxygen atoms in total. The fourth-order valence-corrected chi connectivity index (χ4v) is 2.54. The molecule has 1 heterocycles. The second-order valence-corrected chi connectivity index (χ2v) is 5.06. The van der Waals surface area contributed by atoms with E-state index in [2.05, 4.69) is 15.3 Å². The van der Waals surface area contributed by atoms with E-state index in [0.717, 1.165) is 0 Å². The summed E-state index contributed by atoms with van der Waals surface area (Å²) in [7, 11) is 0. The van der Waals surface area contributed by atoms with Crippen molar-refractivity contribution in [2.24, 2.45) is 0 Å². The summed E-state index contributed by atoms with van der Waals surface area (Å²) >= 11 is 0. The van der Waals surface area contributed by atoms with Crippen LogP contribution in [0.5, 0.6) is 5.88 Å². The van der Waals surface area contributed by atoms with Gasteiger partial charge in [0.2, 0.25) is 5.88 Å². The Bertz CT molecular complexity index is 389. The fourth-order valence-electron chi connectivity index (χ4n) is 2.54. The van der Waals surface area contributed by atoms with Crippen LogP contribution in [0.3, 0.4) is 0 Å². The molecular weight excluding hydrogens is 240 g/mol. The third-order valence-electron chi connectivity index (χ3n) is 3.57. The smallest absolute Gasteiger partial charge is 0.242 e. The number of nitrogens with one attached hydrogen (secondary N) is 1. The third-order valence-corrected chi connectivity index (χ3v) is 3.57. The Morgan fingerprint density at radius 3 is 2.58 bits per heavy atom. The van der Waals surface area contributed by atoms with E-state index in [4.69, 9.17) is 10.5 Å². The van der Waals surface area contributed by atoms with Crippen LogP contribution >= 0.6 is 0 Å². The normalized spacial score (nSPS) is 17.5. The maximum absolute atomic E-state index is 6.04. The summed E-state index contributed by atoms with van der Waals surface area (Å²) in [5.41, 5.74) is 6.56. The van der Waals surface area contributed by atoms with Crippen molar-refractivity contribution in [3.8, 4) is 5.88 Å². The Morgan fingerprint density at radius 2 is 1.89 bits per heavy atom. The topological polar surface area (TPSA) is 73.1 Å². The zero-order valence-electron chi connectivity index (χ0n) is 11.7. The number of ether oxygens (including phenoxy) is 1. The molecule has 19 heavy (non-hydrogen) atoms. The van der Waals surface area contributed by atoms with Crippen LogP contribution in [-0.4, -0.2) is 22.6 Å². The number of nitrogen functional groups attached to an aromatic ring is 1. The van der Waals surface area contributed by atoms with Gasteiger partial charge in [-0.3, -0.25) is 0 Å². The Labute approximate surface area is 115 Å². The standard InChI is InChI=1S/C14H24N4O/c1-2-19-14-12(15)13(16-10-17-14)18-11-8-6-4-3-5-7-9-11/h10-11H,2-9,15H2,1H3,(H,16,17,18). The van der Waals surface area contributed by atoms with E-state index in [0.29, 0.717) is 30.0 Å². The van der Waals surface area contributed by atoms with Crippen LogP contribution in [0.4, 0.5) is 11.5 Å². The molecule has 106 valence electrons. The van der Waals surface area contributed by atoms with Crippen molar-refractivity contribution in [3.63, 3.8) is 0 Å². The average molecular weight is 264 g/mol. The summed E-state index contributed by atoms with van der Waals surface area (Å²) in [6, 6.07) is 0.465. The number of hydrogen-bond acceptors (Lipinski definition) is 5. The molecule has 1 aliphatic rings. The number of anilines is 2. The zero-order valence-corrected chi connectivity index (χ0v) is 11.7. The molecule has 1 aliphatic carbocycles. The molecule has 0 amide bonds. The van der Waals surface area contributed by atoms with Gasteiger partial charge in [-0.25, -0.2) is 4.98 Å². The maximum atomic E-state index is 6.04. The van der Waals surface area contributed by atoms with Gasteiger partial charge in [0.1, 0.15) is 12.0 Å². The van der Waals surface area contributed by atoms with Gasteiger partial charge >= 0.3 is 0 Å². The van der Waals surface area contributed by atoms with Crippen molar-refractivity contribution in [3.05, 3.63) is 6.33 Å². The van der Waals surface area contributed by atoms with Gasteiger partial charge in [0.15, 0.2) is 5.82 Å². The summed E-state index contributed by atoms with van der Waals surface area (Å²) in [5, 5.41) is 3.46. The quantitative estimate of drug-likeness (QED) is 0.874. The Balaban J connectivity index is 2.02. The van der Waals surface area contributed by atoms with Crippen molar-refractivity contribution < 1.29 is 4.74 Å². The van der Waals surface area contributed by atoms with Crippen molar-refractivity contribution in [2.75, 3.05) is 17.7 Å². The molecule has 1 aromatic rings. The first-order chi connectivity index (χ1) is 9.31. The maximum Gasteiger partial charge on any atom is 0.242 e. The number of hydrogen-bond donors (Lipinski definition) is 2. The molecule has 3 N–H and O–H groups in total. The summed E-state index contributed by atoms with van der Waals surface area (Å²) < 4.78 is 5.40. The summed E-state index contributed by atoms with van der Waals surface area (Å²) in [5.74, 6) is 1.19. The van der Waals surface area contributed by atoms with Crippen LogP contribution in [0.1, 0.15) is 51.9 Å². The first kappa shape index (κ1) is 13.9. The minimum atomic E-state index is 0.465. The summed E-state index contributed by atoms with van der Waals surface area (Å²) in [6.07, 6.45) is 10.5. The van der Waals surface area contributed by atoms with Gasteiger partial charge in [0, 0.05) is 6.04 Å². The van der Waals surface area contributed by atoms with Gasteiger partial charge in [-0.05, 0) is 19.8 Å². The lowest BCUT2D eigenvalue weighted by molar-refractivity contribution is 0.328. The highest BCUT2D eigenvalue weighted by Gasteiger charge is 2.15. The SMILES string of the molecule is CCOc1ncnc(NC2CCCCCCC2)c1N. The largest absolute Gasteiger partial charge is 0.476 e. The molecule has 0 aromatic carbocycles. The summed E-state index contributed by atoms with van der Waals surface area (Å²) in [4.78, 5) is 8.30. The minimum absolute atomic E-state index is 0.465. The molecule has 0 unspecified atom stereocenters. The monoisotopic (exact) mass is 264 g/mol. The minimum Gasteiger partial charge on any atom is -0.476 e. The van der Waals surface area contributed by atoms with E-state index in [-0.39, 0.29) is 0 Å². The second kappa shape index (κ2) is 7.16. The van der Waals surface area contributed by atoms with E-state index in [1.165, 1.54) is 51.3 Å². The predicted octanol–water partition coefficient (Wildman–Crippen LogP) is 2.98. The predicted molar refractivity (Wildman–Crippen MR) is 77.3 cm³/mol. The molecule has 0 atom stereocenters. The van der Waals surface area contributed by atoms with Crippen molar-refractivity contribution in [2.45, 2.75) is 57.9 Å². The number of nitrogens with zero attached hydrogens (tertiary/aromatic N) is 2. The third kappa shape index (κ3) is 3.98. The first-order valence-electron chi connectivity index (χ1n) is 7.31. The molecule has 1 saturated carbocycles. The highest BCUT2D eigenvalue weighted by atomic mass is 16.5. The lowest BCUT2D eigenvalue weighted by Gasteiger charge is -2.22.